The molecule has 2 atom stereocenters. The van der Waals surface area contributed by atoms with Gasteiger partial charge in [0.2, 0.25) is 10.9 Å². The van der Waals surface area contributed by atoms with Crippen LogP contribution in [0, 0.1) is 10.7 Å². The molecule has 1 heterocycles. The summed E-state index contributed by atoms with van der Waals surface area (Å²) < 4.78 is 1.18. The van der Waals surface area contributed by atoms with Crippen LogP contribution in [0.4, 0.5) is 5.69 Å². The number of anilines is 1. The van der Waals surface area contributed by atoms with Crippen molar-refractivity contribution < 1.29 is 10.2 Å². The van der Waals surface area contributed by atoms with E-state index >= 15 is 0 Å². The Kier molecular flexibility index (Phi) is 3.32. The fourth-order valence-corrected chi connectivity index (χ4v) is 2.28. The van der Waals surface area contributed by atoms with Crippen LogP contribution in [0.5, 0.6) is 0 Å². The predicted octanol–water partition coefficient (Wildman–Crippen LogP) is -0.227. The topological polar surface area (TPSA) is 91.6 Å². The minimum absolute atomic E-state index is 0.0953. The second-order valence-corrected chi connectivity index (χ2v) is 4.86. The second kappa shape index (κ2) is 5.16. The van der Waals surface area contributed by atoms with E-state index in [-0.39, 0.29) is 28.1 Å². The summed E-state index contributed by atoms with van der Waals surface area (Å²) in [6, 6.07) is 11.6. The lowest BCUT2D eigenvalue weighted by atomic mass is 10.2. The molecule has 0 spiro atoms. The Balaban J connectivity index is 1.73. The smallest absolute Gasteiger partial charge is 0.204 e. The first kappa shape index (κ1) is 13.5. The van der Waals surface area contributed by atoms with E-state index in [1.807, 2.05) is 30.3 Å². The summed E-state index contributed by atoms with van der Waals surface area (Å²) in [4.78, 5) is 23.1. The highest BCUT2D eigenvalue weighted by molar-refractivity contribution is 5.42. The molecule has 2 aliphatic rings. The average molecular weight is 286 g/mol. The van der Waals surface area contributed by atoms with Crippen LogP contribution in [0.25, 0.3) is 0 Å². The molecule has 21 heavy (non-hydrogen) atoms. The Hall–Kier alpha value is -2.44. The molecular weight excluding hydrogens is 272 g/mol. The van der Waals surface area contributed by atoms with Crippen molar-refractivity contribution >= 4 is 5.69 Å². The van der Waals surface area contributed by atoms with E-state index in [2.05, 4.69) is 5.32 Å². The summed E-state index contributed by atoms with van der Waals surface area (Å²) in [6.45, 7) is 0.0953. The van der Waals surface area contributed by atoms with Crippen molar-refractivity contribution in [3.63, 3.8) is 0 Å². The number of nitrogens with one attached hydrogen (secondary N) is 1. The number of hydrogen-bond acceptors (Lipinski definition) is 5. The number of aliphatic hydroxyl groups is 2. The molecule has 1 aliphatic heterocycles. The molecule has 0 amide bonds. The Morgan fingerprint density at radius 3 is 2.10 bits per heavy atom. The van der Waals surface area contributed by atoms with E-state index in [0.717, 1.165) is 5.69 Å². The van der Waals surface area contributed by atoms with Gasteiger partial charge in [-0.1, -0.05) is 18.2 Å². The van der Waals surface area contributed by atoms with Crippen LogP contribution >= 0.6 is 0 Å². The van der Waals surface area contributed by atoms with Gasteiger partial charge in [0, 0.05) is 12.2 Å². The first-order valence-corrected chi connectivity index (χ1v) is 6.55. The molecule has 1 aromatic carbocycles. The largest absolute Gasteiger partial charge is 0.387 e. The maximum atomic E-state index is 11.6. The fourth-order valence-electron chi connectivity index (χ4n) is 2.28. The lowest BCUT2D eigenvalue weighted by molar-refractivity contribution is -0.0168. The number of rotatable bonds is 5. The normalized spacial score (nSPS) is 14.4. The summed E-state index contributed by atoms with van der Waals surface area (Å²) in [5.41, 5.74) is 0.153. The van der Waals surface area contributed by atoms with E-state index in [9.17, 15) is 19.8 Å². The third kappa shape index (κ3) is 2.46. The summed E-state index contributed by atoms with van der Waals surface area (Å²) in [5, 5.41) is 23.4. The maximum absolute atomic E-state index is 11.6. The van der Waals surface area contributed by atoms with Crippen LogP contribution in [-0.4, -0.2) is 27.4 Å². The molecule has 0 aromatic heterocycles. The van der Waals surface area contributed by atoms with E-state index in [4.69, 9.17) is 0 Å². The second-order valence-electron chi connectivity index (χ2n) is 4.86. The minimum Gasteiger partial charge on any atom is -0.387 e. The van der Waals surface area contributed by atoms with Crippen molar-refractivity contribution in [2.45, 2.75) is 12.3 Å². The summed E-state index contributed by atoms with van der Waals surface area (Å²) in [6.07, 6.45) is -2.46. The zero-order valence-electron chi connectivity index (χ0n) is 11.1. The van der Waals surface area contributed by atoms with Crippen molar-refractivity contribution in [1.29, 1.82) is 0 Å². The highest BCUT2D eigenvalue weighted by Gasteiger charge is 2.26. The van der Waals surface area contributed by atoms with Crippen LogP contribution in [0.2, 0.25) is 0 Å². The molecule has 0 fully saturated rings. The molecule has 108 valence electrons. The van der Waals surface area contributed by atoms with Crippen molar-refractivity contribution in [3.8, 4) is 0 Å². The quantitative estimate of drug-likeness (QED) is 0.603. The molecule has 0 radical (unpaired) electrons. The Labute approximate surface area is 119 Å². The fraction of sp³-hybridized carbons (Fsp3) is 0.200. The number of hydrogen-bond donors (Lipinski definition) is 3. The predicted molar refractivity (Wildman–Crippen MR) is 76.8 cm³/mol. The average Bonchev–Trinajstić information content (AvgIpc) is 3.26. The monoisotopic (exact) mass is 286 g/mol. The van der Waals surface area contributed by atoms with Crippen molar-refractivity contribution in [1.82, 2.24) is 4.57 Å². The Morgan fingerprint density at radius 1 is 0.952 bits per heavy atom. The Morgan fingerprint density at radius 2 is 1.52 bits per heavy atom. The van der Waals surface area contributed by atoms with Gasteiger partial charge in [-0.15, -0.1) is 0 Å². The molecule has 6 nitrogen and oxygen atoms in total. The molecule has 1 aliphatic carbocycles. The van der Waals surface area contributed by atoms with Crippen molar-refractivity contribution in [2.75, 3.05) is 11.9 Å². The van der Waals surface area contributed by atoms with Gasteiger partial charge in [0.25, 0.3) is 0 Å². The van der Waals surface area contributed by atoms with Crippen LogP contribution in [0.15, 0.2) is 52.1 Å². The summed E-state index contributed by atoms with van der Waals surface area (Å²) in [5.74, 6) is 0. The number of aromatic nitrogens is 1. The van der Waals surface area contributed by atoms with Gasteiger partial charge in [-0.25, -0.2) is 0 Å². The Bertz CT molecular complexity index is 832. The lowest BCUT2D eigenvalue weighted by Gasteiger charge is -2.17. The van der Waals surface area contributed by atoms with Gasteiger partial charge in [-0.2, -0.15) is 0 Å². The minimum atomic E-state index is -1.32. The van der Waals surface area contributed by atoms with E-state index in [0.29, 0.717) is 0 Å². The molecule has 0 saturated heterocycles. The molecular formula is C15H14N2O4. The number of benzene rings is 1. The van der Waals surface area contributed by atoms with Gasteiger partial charge in [-0.3, -0.25) is 9.59 Å². The van der Waals surface area contributed by atoms with Gasteiger partial charge in [0.05, 0.1) is 0 Å². The molecule has 1 aromatic rings. The van der Waals surface area contributed by atoms with Gasteiger partial charge in [0.1, 0.15) is 16.8 Å². The summed E-state index contributed by atoms with van der Waals surface area (Å²) >= 11 is 0. The molecule has 0 saturated carbocycles. The third-order valence-corrected chi connectivity index (χ3v) is 3.41. The van der Waals surface area contributed by atoms with Gasteiger partial charge >= 0.3 is 0 Å². The summed E-state index contributed by atoms with van der Waals surface area (Å²) in [7, 11) is 0. The van der Waals surface area contributed by atoms with Gasteiger partial charge in [-0.05, 0) is 24.3 Å². The number of nitrogens with zero attached hydrogens (tertiary/aromatic N) is 1. The highest BCUT2D eigenvalue weighted by Crippen LogP contribution is 2.15. The van der Waals surface area contributed by atoms with E-state index in [1.165, 1.54) is 16.7 Å². The van der Waals surface area contributed by atoms with Crippen LogP contribution in [-0.2, 0) is 0 Å². The van der Waals surface area contributed by atoms with Crippen LogP contribution in [0.3, 0.4) is 0 Å². The van der Waals surface area contributed by atoms with Gasteiger partial charge < -0.3 is 20.1 Å². The van der Waals surface area contributed by atoms with Crippen LogP contribution < -0.4 is 16.2 Å². The highest BCUT2D eigenvalue weighted by atomic mass is 16.3. The zero-order chi connectivity index (χ0) is 15.0. The van der Waals surface area contributed by atoms with Crippen LogP contribution in [0.1, 0.15) is 6.23 Å². The van der Waals surface area contributed by atoms with E-state index < -0.39 is 12.3 Å². The lowest BCUT2D eigenvalue weighted by Crippen LogP contribution is -2.29. The molecule has 0 bridgehead atoms. The zero-order valence-corrected chi connectivity index (χ0v) is 11.1. The van der Waals surface area contributed by atoms with Crippen molar-refractivity contribution in [3.05, 3.63) is 73.6 Å². The number of aliphatic hydroxyl groups excluding tert-OH is 2. The third-order valence-electron chi connectivity index (χ3n) is 3.41. The molecule has 2 unspecified atom stereocenters. The molecule has 3 N–H and O–H groups in total. The maximum Gasteiger partial charge on any atom is 0.204 e. The molecule has 3 rings (SSSR count). The van der Waals surface area contributed by atoms with Gasteiger partial charge in [0.15, 0.2) is 6.23 Å². The molecule has 6 heteroatoms. The standard InChI is InChI=1S/C15H14N2O4/c18-10-6-7-11(19)14-13(10)17(14)15(21)12(20)8-16-9-4-2-1-3-5-9/h1-7,12,15-16,20-21H,8H2. The first-order valence-electron chi connectivity index (χ1n) is 6.55. The number of para-hydroxylation sites is 1. The SMILES string of the molecule is O=c1ccc(=O)c2n(C(O)C(O)CNc3ccccc3)c1=2. The van der Waals surface area contributed by atoms with E-state index in [1.54, 1.807) is 0 Å². The van der Waals surface area contributed by atoms with Crippen molar-refractivity contribution in [2.24, 2.45) is 0 Å². The first-order chi connectivity index (χ1) is 10.1.